The first-order chi connectivity index (χ1) is 12.5. The standard InChI is InChI=1S/C18H13N3O5/c22-14-5-6-16(21(25)26)13(7-14)10-19-20-18(24)15-8-11-3-1-2-4-12(11)9-17(15)23/h1-10,22-23H,(H,20,24)/p-1/b19-10+. The summed E-state index contributed by atoms with van der Waals surface area (Å²) in [7, 11) is 0. The van der Waals surface area contributed by atoms with Crippen LogP contribution in [0.2, 0.25) is 0 Å². The second-order valence-electron chi connectivity index (χ2n) is 5.39. The van der Waals surface area contributed by atoms with Crippen molar-refractivity contribution in [3.63, 3.8) is 0 Å². The number of carbonyl (C=O) groups excluding carboxylic acids is 1. The molecule has 0 fully saturated rings. The molecular formula is C18H12N3O5-. The fourth-order valence-corrected chi connectivity index (χ4v) is 2.43. The molecule has 0 atom stereocenters. The van der Waals surface area contributed by atoms with E-state index in [2.05, 4.69) is 10.5 Å². The molecule has 3 aromatic rings. The molecule has 3 aromatic carbocycles. The fraction of sp³-hybridized carbons (Fsp3) is 0. The quantitative estimate of drug-likeness (QED) is 0.424. The fourth-order valence-electron chi connectivity index (χ4n) is 2.43. The van der Waals surface area contributed by atoms with E-state index in [1.165, 1.54) is 18.2 Å². The Morgan fingerprint density at radius 1 is 1.12 bits per heavy atom. The third-order valence-electron chi connectivity index (χ3n) is 3.67. The zero-order chi connectivity index (χ0) is 18.7. The highest BCUT2D eigenvalue weighted by atomic mass is 16.6. The predicted octanol–water partition coefficient (Wildman–Crippen LogP) is 2.29. The van der Waals surface area contributed by atoms with Gasteiger partial charge in [0.15, 0.2) is 0 Å². The minimum Gasteiger partial charge on any atom is -0.872 e. The van der Waals surface area contributed by atoms with Crippen LogP contribution in [0, 0.1) is 10.1 Å². The first-order valence-corrected chi connectivity index (χ1v) is 7.46. The molecule has 0 aliphatic rings. The predicted molar refractivity (Wildman–Crippen MR) is 93.2 cm³/mol. The van der Waals surface area contributed by atoms with E-state index in [4.69, 9.17) is 0 Å². The van der Waals surface area contributed by atoms with Crippen LogP contribution in [0.25, 0.3) is 10.8 Å². The van der Waals surface area contributed by atoms with Crippen LogP contribution >= 0.6 is 0 Å². The van der Waals surface area contributed by atoms with E-state index in [-0.39, 0.29) is 22.6 Å². The molecule has 0 aliphatic heterocycles. The van der Waals surface area contributed by atoms with Gasteiger partial charge in [-0.1, -0.05) is 36.1 Å². The van der Waals surface area contributed by atoms with Crippen molar-refractivity contribution in [1.29, 1.82) is 0 Å². The number of fused-ring (bicyclic) bond motifs is 1. The van der Waals surface area contributed by atoms with Crippen LogP contribution < -0.4 is 10.5 Å². The molecule has 8 heteroatoms. The first kappa shape index (κ1) is 16.9. The van der Waals surface area contributed by atoms with Crippen molar-refractivity contribution < 1.29 is 19.9 Å². The third-order valence-corrected chi connectivity index (χ3v) is 3.67. The van der Waals surface area contributed by atoms with Gasteiger partial charge in [-0.25, -0.2) is 5.43 Å². The Bertz CT molecular complexity index is 1050. The van der Waals surface area contributed by atoms with Crippen LogP contribution in [0.3, 0.4) is 0 Å². The Morgan fingerprint density at radius 2 is 1.81 bits per heavy atom. The number of carbonyl (C=O) groups is 1. The molecular weight excluding hydrogens is 338 g/mol. The number of hydrogen-bond acceptors (Lipinski definition) is 6. The summed E-state index contributed by atoms with van der Waals surface area (Å²) in [4.78, 5) is 22.5. The summed E-state index contributed by atoms with van der Waals surface area (Å²) >= 11 is 0. The minimum absolute atomic E-state index is 0.0103. The van der Waals surface area contributed by atoms with Gasteiger partial charge in [-0.15, -0.1) is 0 Å². The van der Waals surface area contributed by atoms with E-state index >= 15 is 0 Å². The average Bonchev–Trinajstić information content (AvgIpc) is 2.60. The third kappa shape index (κ3) is 3.44. The topological polar surface area (TPSA) is 128 Å². The Hall–Kier alpha value is -3.94. The second-order valence-corrected chi connectivity index (χ2v) is 5.39. The summed E-state index contributed by atoms with van der Waals surface area (Å²) in [5.41, 5.74) is 1.80. The Balaban J connectivity index is 1.83. The van der Waals surface area contributed by atoms with Gasteiger partial charge >= 0.3 is 0 Å². The molecule has 0 saturated carbocycles. The monoisotopic (exact) mass is 350 g/mol. The van der Waals surface area contributed by atoms with E-state index in [0.29, 0.717) is 5.39 Å². The summed E-state index contributed by atoms with van der Waals surface area (Å²) in [6, 6.07) is 13.4. The van der Waals surface area contributed by atoms with E-state index in [1.54, 1.807) is 24.3 Å². The molecule has 0 aliphatic carbocycles. The van der Waals surface area contributed by atoms with Gasteiger partial charge in [-0.3, -0.25) is 14.9 Å². The largest absolute Gasteiger partial charge is 0.872 e. The second kappa shape index (κ2) is 6.89. The lowest BCUT2D eigenvalue weighted by atomic mass is 10.1. The maximum atomic E-state index is 12.2. The van der Waals surface area contributed by atoms with Crippen molar-refractivity contribution in [3.05, 3.63) is 75.8 Å². The number of nitrogens with zero attached hydrogens (tertiary/aromatic N) is 2. The molecule has 1 amide bonds. The Kier molecular flexibility index (Phi) is 4.48. The van der Waals surface area contributed by atoms with Gasteiger partial charge in [-0.2, -0.15) is 5.10 Å². The van der Waals surface area contributed by atoms with Crippen LogP contribution in [0.15, 0.2) is 59.7 Å². The minimum atomic E-state index is -0.736. The van der Waals surface area contributed by atoms with E-state index in [0.717, 1.165) is 23.7 Å². The molecule has 0 heterocycles. The van der Waals surface area contributed by atoms with Gasteiger partial charge in [0.1, 0.15) is 5.75 Å². The summed E-state index contributed by atoms with van der Waals surface area (Å²) in [5.74, 6) is -1.38. The molecule has 0 aromatic heterocycles. The van der Waals surface area contributed by atoms with Crippen LogP contribution in [0.5, 0.6) is 11.5 Å². The Labute approximate surface area is 147 Å². The van der Waals surface area contributed by atoms with Gasteiger partial charge in [0.2, 0.25) is 0 Å². The van der Waals surface area contributed by atoms with Gasteiger partial charge in [0.25, 0.3) is 11.6 Å². The van der Waals surface area contributed by atoms with Crippen molar-refractivity contribution >= 4 is 28.6 Å². The van der Waals surface area contributed by atoms with Crippen molar-refractivity contribution in [1.82, 2.24) is 5.43 Å². The highest BCUT2D eigenvalue weighted by Crippen LogP contribution is 2.23. The maximum absolute atomic E-state index is 12.2. The van der Waals surface area contributed by atoms with Crippen LogP contribution in [0.4, 0.5) is 5.69 Å². The van der Waals surface area contributed by atoms with Crippen molar-refractivity contribution in [3.8, 4) is 11.5 Å². The molecule has 3 rings (SSSR count). The molecule has 0 radical (unpaired) electrons. The van der Waals surface area contributed by atoms with E-state index in [9.17, 15) is 25.1 Å². The van der Waals surface area contributed by atoms with Gasteiger partial charge in [0, 0.05) is 11.6 Å². The number of hydrogen-bond donors (Lipinski definition) is 2. The van der Waals surface area contributed by atoms with Crippen molar-refractivity contribution in [2.24, 2.45) is 5.10 Å². The molecule has 0 unspecified atom stereocenters. The lowest BCUT2D eigenvalue weighted by Crippen LogP contribution is -2.19. The number of nitrogens with one attached hydrogen (secondary N) is 1. The molecule has 0 bridgehead atoms. The lowest BCUT2D eigenvalue weighted by Gasteiger charge is -2.13. The van der Waals surface area contributed by atoms with E-state index in [1.807, 2.05) is 0 Å². The molecule has 2 N–H and O–H groups in total. The molecule has 0 spiro atoms. The highest BCUT2D eigenvalue weighted by molar-refractivity contribution is 6.01. The Morgan fingerprint density at radius 3 is 2.50 bits per heavy atom. The van der Waals surface area contributed by atoms with Crippen molar-refractivity contribution in [2.45, 2.75) is 0 Å². The molecule has 8 nitrogen and oxygen atoms in total. The number of phenolic OH excluding ortho intramolecular Hbond substituents is 1. The van der Waals surface area contributed by atoms with Crippen LogP contribution in [0.1, 0.15) is 15.9 Å². The molecule has 0 saturated heterocycles. The number of hydrazone groups is 1. The van der Waals surface area contributed by atoms with Gasteiger partial charge in [0.05, 0.1) is 16.7 Å². The van der Waals surface area contributed by atoms with Crippen LogP contribution in [-0.2, 0) is 0 Å². The number of benzene rings is 3. The number of rotatable bonds is 4. The first-order valence-electron chi connectivity index (χ1n) is 7.46. The summed E-state index contributed by atoms with van der Waals surface area (Å²) in [5, 5.41) is 37.5. The summed E-state index contributed by atoms with van der Waals surface area (Å²) in [6.07, 6.45) is 1.03. The van der Waals surface area contributed by atoms with Gasteiger partial charge in [-0.05, 0) is 29.0 Å². The summed E-state index contributed by atoms with van der Waals surface area (Å²) in [6.45, 7) is 0. The molecule has 26 heavy (non-hydrogen) atoms. The zero-order valence-corrected chi connectivity index (χ0v) is 13.2. The molecule has 130 valence electrons. The smallest absolute Gasteiger partial charge is 0.278 e. The number of aromatic hydroxyl groups is 1. The average molecular weight is 350 g/mol. The maximum Gasteiger partial charge on any atom is 0.278 e. The highest BCUT2D eigenvalue weighted by Gasteiger charge is 2.13. The number of amides is 1. The number of nitro benzene ring substituents is 1. The number of nitro groups is 1. The summed E-state index contributed by atoms with van der Waals surface area (Å²) < 4.78 is 0. The van der Waals surface area contributed by atoms with E-state index < -0.39 is 16.6 Å². The normalized spacial score (nSPS) is 10.9. The lowest BCUT2D eigenvalue weighted by molar-refractivity contribution is -0.385. The van der Waals surface area contributed by atoms with Crippen LogP contribution in [-0.4, -0.2) is 22.2 Å². The SMILES string of the molecule is O=C(N/N=C/c1cc(O)ccc1[N+](=O)[O-])c1cc2ccccc2cc1[O-]. The van der Waals surface area contributed by atoms with Crippen molar-refractivity contribution in [2.75, 3.05) is 0 Å². The van der Waals surface area contributed by atoms with Gasteiger partial charge < -0.3 is 10.2 Å². The zero-order valence-electron chi connectivity index (χ0n) is 13.2. The number of phenols is 1.